The number of benzene rings is 2. The maximum Gasteiger partial charge on any atom is 0.328 e. The fraction of sp³-hybridized carbons (Fsp3) is 0.167. The molecule has 0 aliphatic heterocycles. The first-order valence-corrected chi connectivity index (χ1v) is 7.92. The largest absolute Gasteiger partial charge is 0.454 e. The van der Waals surface area contributed by atoms with E-state index in [0.29, 0.717) is 16.3 Å². The maximum absolute atomic E-state index is 12.0. The van der Waals surface area contributed by atoms with Crippen molar-refractivity contribution in [3.63, 3.8) is 0 Å². The van der Waals surface area contributed by atoms with Crippen molar-refractivity contribution < 1.29 is 19.1 Å². The molecular weight excluding hydrogens is 344 g/mol. The van der Waals surface area contributed by atoms with Crippen molar-refractivity contribution in [2.75, 3.05) is 11.9 Å². The van der Waals surface area contributed by atoms with Crippen molar-refractivity contribution in [1.29, 1.82) is 0 Å². The second-order valence-corrected chi connectivity index (χ2v) is 5.60. The van der Waals surface area contributed by atoms with Gasteiger partial charge in [0.15, 0.2) is 6.61 Å². The molecule has 2 aromatic carbocycles. The normalized spacial score (nSPS) is 11.3. The Balaban J connectivity index is 1.80. The van der Waals surface area contributed by atoms with Crippen LogP contribution in [0.25, 0.3) is 0 Å². The van der Waals surface area contributed by atoms with E-state index >= 15 is 0 Å². The van der Waals surface area contributed by atoms with Gasteiger partial charge in [0.2, 0.25) is 0 Å². The van der Waals surface area contributed by atoms with Crippen LogP contribution in [0.1, 0.15) is 17.3 Å². The molecule has 0 bridgehead atoms. The highest BCUT2D eigenvalue weighted by Gasteiger charge is 2.19. The van der Waals surface area contributed by atoms with E-state index in [1.54, 1.807) is 54.6 Å². The van der Waals surface area contributed by atoms with E-state index in [9.17, 15) is 14.4 Å². The average Bonchev–Trinajstić information content (AvgIpc) is 2.62. The zero-order valence-electron chi connectivity index (χ0n) is 13.5. The second-order valence-electron chi connectivity index (χ2n) is 5.20. The van der Waals surface area contributed by atoms with Gasteiger partial charge in [-0.05, 0) is 31.2 Å². The number of nitrogens with one attached hydrogen (secondary N) is 2. The van der Waals surface area contributed by atoms with Gasteiger partial charge in [-0.15, -0.1) is 0 Å². The minimum absolute atomic E-state index is 0.380. The molecule has 0 heterocycles. The third-order valence-electron chi connectivity index (χ3n) is 3.23. The Hall–Kier alpha value is -2.86. The van der Waals surface area contributed by atoms with E-state index < -0.39 is 30.4 Å². The molecule has 0 spiro atoms. The van der Waals surface area contributed by atoms with Crippen LogP contribution in [0.2, 0.25) is 5.02 Å². The quantitative estimate of drug-likeness (QED) is 0.775. The minimum atomic E-state index is -0.888. The van der Waals surface area contributed by atoms with E-state index in [-0.39, 0.29) is 0 Å². The standard InChI is InChI=1S/C18H17ClN2O4/c1-12(20-17(23)13-7-3-2-4-8-13)18(24)25-11-16(22)21-15-10-6-5-9-14(15)19/h2-10,12H,11H2,1H3,(H,20,23)(H,21,22)/t12-/m1/s1. The second kappa shape index (κ2) is 8.84. The molecule has 0 aliphatic rings. The lowest BCUT2D eigenvalue weighted by atomic mass is 10.2. The predicted octanol–water partition coefficient (Wildman–Crippen LogP) is 2.64. The van der Waals surface area contributed by atoms with Gasteiger partial charge in [0.1, 0.15) is 6.04 Å². The molecule has 2 rings (SSSR count). The van der Waals surface area contributed by atoms with Crippen molar-refractivity contribution in [3.05, 3.63) is 65.2 Å². The first kappa shape index (κ1) is 18.5. The van der Waals surface area contributed by atoms with Gasteiger partial charge >= 0.3 is 5.97 Å². The molecule has 0 aliphatic carbocycles. The molecule has 0 radical (unpaired) electrons. The molecule has 0 saturated carbocycles. The van der Waals surface area contributed by atoms with Crippen molar-refractivity contribution in [2.45, 2.75) is 13.0 Å². The van der Waals surface area contributed by atoms with Gasteiger partial charge in [-0.3, -0.25) is 9.59 Å². The number of hydrogen-bond acceptors (Lipinski definition) is 4. The van der Waals surface area contributed by atoms with Crippen LogP contribution in [0, 0.1) is 0 Å². The first-order valence-electron chi connectivity index (χ1n) is 7.54. The Morgan fingerprint density at radius 3 is 2.36 bits per heavy atom. The zero-order chi connectivity index (χ0) is 18.2. The van der Waals surface area contributed by atoms with Gasteiger partial charge < -0.3 is 15.4 Å². The Labute approximate surface area is 150 Å². The molecule has 7 heteroatoms. The van der Waals surface area contributed by atoms with Crippen LogP contribution in [0.15, 0.2) is 54.6 Å². The summed E-state index contributed by atoms with van der Waals surface area (Å²) in [6.07, 6.45) is 0. The van der Waals surface area contributed by atoms with Gasteiger partial charge in [0.05, 0.1) is 10.7 Å². The van der Waals surface area contributed by atoms with Crippen LogP contribution >= 0.6 is 11.6 Å². The summed E-state index contributed by atoms with van der Waals surface area (Å²) in [4.78, 5) is 35.7. The summed E-state index contributed by atoms with van der Waals surface area (Å²) in [7, 11) is 0. The number of carbonyl (C=O) groups is 3. The van der Waals surface area contributed by atoms with Gasteiger partial charge in [-0.1, -0.05) is 41.9 Å². The number of halogens is 1. The van der Waals surface area contributed by atoms with Crippen LogP contribution in [-0.2, 0) is 14.3 Å². The summed E-state index contributed by atoms with van der Waals surface area (Å²) < 4.78 is 4.91. The monoisotopic (exact) mass is 360 g/mol. The summed E-state index contributed by atoms with van der Waals surface area (Å²) in [6, 6.07) is 14.3. The van der Waals surface area contributed by atoms with Crippen LogP contribution in [-0.4, -0.2) is 30.4 Å². The molecule has 6 nitrogen and oxygen atoms in total. The molecule has 0 saturated heterocycles. The van der Waals surface area contributed by atoms with Crippen molar-refractivity contribution in [2.24, 2.45) is 0 Å². The Morgan fingerprint density at radius 1 is 1.04 bits per heavy atom. The lowest BCUT2D eigenvalue weighted by Crippen LogP contribution is -2.40. The van der Waals surface area contributed by atoms with Gasteiger partial charge in [-0.2, -0.15) is 0 Å². The molecule has 2 amide bonds. The molecule has 25 heavy (non-hydrogen) atoms. The average molecular weight is 361 g/mol. The zero-order valence-corrected chi connectivity index (χ0v) is 14.2. The number of rotatable bonds is 6. The summed E-state index contributed by atoms with van der Waals surface area (Å²) >= 11 is 5.93. The highest BCUT2D eigenvalue weighted by atomic mass is 35.5. The number of hydrogen-bond donors (Lipinski definition) is 2. The number of ether oxygens (including phenoxy) is 1. The fourth-order valence-corrected chi connectivity index (χ4v) is 2.12. The molecule has 0 aromatic heterocycles. The minimum Gasteiger partial charge on any atom is -0.454 e. The highest BCUT2D eigenvalue weighted by molar-refractivity contribution is 6.33. The van der Waals surface area contributed by atoms with Crippen molar-refractivity contribution in [3.8, 4) is 0 Å². The molecule has 1 atom stereocenters. The number of para-hydroxylation sites is 1. The third kappa shape index (κ3) is 5.61. The first-order chi connectivity index (χ1) is 12.0. The topological polar surface area (TPSA) is 84.5 Å². The van der Waals surface area contributed by atoms with E-state index in [4.69, 9.17) is 16.3 Å². The van der Waals surface area contributed by atoms with Crippen LogP contribution in [0.5, 0.6) is 0 Å². The fourth-order valence-electron chi connectivity index (χ4n) is 1.94. The Morgan fingerprint density at radius 2 is 1.68 bits per heavy atom. The summed E-state index contributed by atoms with van der Waals surface area (Å²) in [6.45, 7) is 1.00. The summed E-state index contributed by atoms with van der Waals surface area (Å²) in [5.41, 5.74) is 0.856. The lowest BCUT2D eigenvalue weighted by molar-refractivity contribution is -0.148. The number of anilines is 1. The van der Waals surface area contributed by atoms with E-state index in [1.165, 1.54) is 6.92 Å². The van der Waals surface area contributed by atoms with Gasteiger partial charge in [0.25, 0.3) is 11.8 Å². The van der Waals surface area contributed by atoms with Crippen molar-refractivity contribution >= 4 is 35.1 Å². The maximum atomic E-state index is 12.0. The molecule has 2 N–H and O–H groups in total. The molecule has 130 valence electrons. The van der Waals surface area contributed by atoms with E-state index in [1.807, 2.05) is 0 Å². The van der Waals surface area contributed by atoms with Crippen LogP contribution in [0.3, 0.4) is 0 Å². The number of carbonyl (C=O) groups excluding carboxylic acids is 3. The van der Waals surface area contributed by atoms with Gasteiger partial charge in [-0.25, -0.2) is 4.79 Å². The van der Waals surface area contributed by atoms with E-state index in [0.717, 1.165) is 0 Å². The predicted molar refractivity (Wildman–Crippen MR) is 94.4 cm³/mol. The summed E-state index contributed by atoms with van der Waals surface area (Å²) in [5, 5.41) is 5.43. The summed E-state index contributed by atoms with van der Waals surface area (Å²) in [5.74, 6) is -1.63. The molecular formula is C18H17ClN2O4. The van der Waals surface area contributed by atoms with Gasteiger partial charge in [0, 0.05) is 5.56 Å². The molecule has 0 unspecified atom stereocenters. The number of amides is 2. The third-order valence-corrected chi connectivity index (χ3v) is 3.56. The van der Waals surface area contributed by atoms with Crippen LogP contribution < -0.4 is 10.6 Å². The molecule has 2 aromatic rings. The number of esters is 1. The smallest absolute Gasteiger partial charge is 0.328 e. The van der Waals surface area contributed by atoms with Crippen molar-refractivity contribution in [1.82, 2.24) is 5.32 Å². The highest BCUT2D eigenvalue weighted by Crippen LogP contribution is 2.20. The molecule has 0 fully saturated rings. The Kier molecular flexibility index (Phi) is 6.54. The lowest BCUT2D eigenvalue weighted by Gasteiger charge is -2.13. The Bertz CT molecular complexity index is 765. The van der Waals surface area contributed by atoms with E-state index in [2.05, 4.69) is 10.6 Å². The SMILES string of the molecule is C[C@@H](NC(=O)c1ccccc1)C(=O)OCC(=O)Nc1ccccc1Cl. The van der Waals surface area contributed by atoms with Crippen LogP contribution in [0.4, 0.5) is 5.69 Å².